The maximum Gasteiger partial charge on any atom is 0.230 e. The Labute approximate surface area is 214 Å². The molecule has 0 saturated carbocycles. The minimum atomic E-state index is -3.28. The lowest BCUT2D eigenvalue weighted by Gasteiger charge is -2.27. The maximum atomic E-state index is 14.1. The molecule has 2 heterocycles. The second-order valence-corrected chi connectivity index (χ2v) is 12.5. The van der Waals surface area contributed by atoms with E-state index in [1.807, 2.05) is 6.07 Å². The van der Waals surface area contributed by atoms with Crippen LogP contribution in [0.5, 0.6) is 0 Å². The van der Waals surface area contributed by atoms with E-state index in [-0.39, 0.29) is 40.5 Å². The van der Waals surface area contributed by atoms with Gasteiger partial charge in [0.1, 0.15) is 11.9 Å². The van der Waals surface area contributed by atoms with Gasteiger partial charge in [0.15, 0.2) is 15.0 Å². The summed E-state index contributed by atoms with van der Waals surface area (Å²) in [7, 11) is -3.28. The third-order valence-electron chi connectivity index (χ3n) is 6.19. The first-order valence-electron chi connectivity index (χ1n) is 11.6. The topological polar surface area (TPSA) is 103 Å². The molecule has 0 fully saturated rings. The van der Waals surface area contributed by atoms with Gasteiger partial charge in [-0.15, -0.1) is 11.3 Å². The van der Waals surface area contributed by atoms with Crippen molar-refractivity contribution >= 4 is 32.2 Å². The Morgan fingerprint density at radius 3 is 2.56 bits per heavy atom. The van der Waals surface area contributed by atoms with Crippen molar-refractivity contribution in [3.05, 3.63) is 75.5 Å². The molecule has 1 amide bonds. The molecule has 0 aliphatic carbocycles. The summed E-state index contributed by atoms with van der Waals surface area (Å²) in [6.07, 6.45) is 0.112. The Morgan fingerprint density at radius 2 is 1.94 bits per heavy atom. The lowest BCUT2D eigenvalue weighted by atomic mass is 10.0. The number of hydrogen-bond donors (Lipinski definition) is 1. The summed E-state index contributed by atoms with van der Waals surface area (Å²) in [4.78, 5) is 20.9. The van der Waals surface area contributed by atoms with E-state index >= 15 is 0 Å². The van der Waals surface area contributed by atoms with Crippen molar-refractivity contribution in [1.29, 1.82) is 5.26 Å². The first kappa shape index (κ1) is 25.9. The molecule has 1 aliphatic heterocycles. The number of fused-ring (bicyclic) bond motifs is 1. The highest BCUT2D eigenvalue weighted by Crippen LogP contribution is 2.43. The van der Waals surface area contributed by atoms with Crippen LogP contribution in [0.25, 0.3) is 0 Å². The third kappa shape index (κ3) is 5.48. The lowest BCUT2D eigenvalue weighted by molar-refractivity contribution is -0.115. The highest BCUT2D eigenvalue weighted by Gasteiger charge is 2.36. The zero-order chi connectivity index (χ0) is 26.0. The number of nitriles is 1. The second-order valence-electron chi connectivity index (χ2n) is 9.12. The van der Waals surface area contributed by atoms with Gasteiger partial charge in [0.2, 0.25) is 5.91 Å². The molecule has 7 nitrogen and oxygen atoms in total. The molecule has 36 heavy (non-hydrogen) atoms. The van der Waals surface area contributed by atoms with Crippen LogP contribution in [0.4, 0.5) is 9.52 Å². The number of benzene rings is 2. The summed E-state index contributed by atoms with van der Waals surface area (Å²) < 4.78 is 38.0. The van der Waals surface area contributed by atoms with Crippen molar-refractivity contribution in [2.75, 3.05) is 11.1 Å². The number of thiazole rings is 1. The van der Waals surface area contributed by atoms with Crippen LogP contribution in [-0.2, 0) is 34.1 Å². The monoisotopic (exact) mass is 526 g/mol. The molecule has 1 N–H and O–H groups in total. The van der Waals surface area contributed by atoms with Gasteiger partial charge >= 0.3 is 0 Å². The number of amides is 1. The summed E-state index contributed by atoms with van der Waals surface area (Å²) in [5.74, 6) is -0.465. The number of nitrogens with zero attached hydrogens (tertiary/aromatic N) is 3. The Bertz CT molecular complexity index is 1430. The maximum absolute atomic E-state index is 14.1. The van der Waals surface area contributed by atoms with Crippen molar-refractivity contribution in [2.45, 2.75) is 51.2 Å². The van der Waals surface area contributed by atoms with E-state index in [0.717, 1.165) is 16.1 Å². The minimum absolute atomic E-state index is 0.0219. The molecule has 0 spiro atoms. The van der Waals surface area contributed by atoms with Crippen molar-refractivity contribution < 1.29 is 17.6 Å². The largest absolute Gasteiger partial charge is 0.302 e. The molecule has 0 bridgehead atoms. The van der Waals surface area contributed by atoms with Crippen LogP contribution in [0.3, 0.4) is 0 Å². The number of aromatic nitrogens is 1. The Balaban J connectivity index is 1.43. The normalized spacial score (nSPS) is 15.6. The SMILES string of the molecule is CCS(=O)(=O)c1ccc(CC(=O)Nc2nc3c(s2)CN(Cc2ccc(C#N)c(F)c2)[C@H]3C(C)C)cc1. The predicted octanol–water partition coefficient (Wildman–Crippen LogP) is 4.84. The van der Waals surface area contributed by atoms with Crippen LogP contribution in [0, 0.1) is 23.1 Å². The number of rotatable bonds is 8. The van der Waals surface area contributed by atoms with Gasteiger partial charge in [0.25, 0.3) is 0 Å². The van der Waals surface area contributed by atoms with E-state index < -0.39 is 15.7 Å². The highest BCUT2D eigenvalue weighted by atomic mass is 32.2. The Hall–Kier alpha value is -3.13. The average molecular weight is 527 g/mol. The summed E-state index contributed by atoms with van der Waals surface area (Å²) in [6.45, 7) is 6.97. The average Bonchev–Trinajstić information content (AvgIpc) is 3.35. The van der Waals surface area contributed by atoms with Crippen LogP contribution in [-0.4, -0.2) is 30.0 Å². The summed E-state index contributed by atoms with van der Waals surface area (Å²) in [5.41, 5.74) is 2.46. The second kappa shape index (κ2) is 10.5. The van der Waals surface area contributed by atoms with Gasteiger partial charge in [0, 0.05) is 18.0 Å². The Kier molecular flexibility index (Phi) is 7.54. The van der Waals surface area contributed by atoms with E-state index in [4.69, 9.17) is 10.2 Å². The zero-order valence-corrected chi connectivity index (χ0v) is 21.9. The molecule has 1 aliphatic rings. The van der Waals surface area contributed by atoms with E-state index in [1.165, 1.54) is 35.6 Å². The molecule has 188 valence electrons. The Morgan fingerprint density at radius 1 is 1.25 bits per heavy atom. The number of nitrogens with one attached hydrogen (secondary N) is 1. The molecule has 10 heteroatoms. The molecule has 1 aromatic heterocycles. The molecule has 0 unspecified atom stereocenters. The van der Waals surface area contributed by atoms with E-state index in [2.05, 4.69) is 24.1 Å². The number of carbonyl (C=O) groups is 1. The quantitative estimate of drug-likeness (QED) is 0.451. The fraction of sp³-hybridized carbons (Fsp3) is 0.346. The van der Waals surface area contributed by atoms with Gasteiger partial charge in [-0.05, 0) is 41.3 Å². The molecular formula is C26H27FN4O3S2. The predicted molar refractivity (Wildman–Crippen MR) is 137 cm³/mol. The van der Waals surface area contributed by atoms with Crippen molar-refractivity contribution in [1.82, 2.24) is 9.88 Å². The van der Waals surface area contributed by atoms with Crippen molar-refractivity contribution in [3.8, 4) is 6.07 Å². The van der Waals surface area contributed by atoms with Gasteiger partial charge in [-0.1, -0.05) is 39.0 Å². The summed E-state index contributed by atoms with van der Waals surface area (Å²) >= 11 is 1.43. The first-order chi connectivity index (χ1) is 17.1. The molecule has 4 rings (SSSR count). The fourth-order valence-corrected chi connectivity index (χ4v) is 6.35. The standard InChI is InChI=1S/C26H27FN4O3S2/c1-4-36(33,34)20-9-6-17(7-10-20)12-23(32)29-26-30-24-22(35-26)15-31(25(24)16(2)3)14-18-5-8-19(13-28)21(27)11-18/h5-11,16,25H,4,12,14-15H2,1-3H3,(H,29,30,32)/t25-/m0/s1. The van der Waals surface area contributed by atoms with Crippen LogP contribution < -0.4 is 5.32 Å². The fourth-order valence-electron chi connectivity index (χ4n) is 4.42. The van der Waals surface area contributed by atoms with Gasteiger partial charge in [-0.2, -0.15) is 5.26 Å². The highest BCUT2D eigenvalue weighted by molar-refractivity contribution is 7.91. The molecular weight excluding hydrogens is 499 g/mol. The lowest BCUT2D eigenvalue weighted by Crippen LogP contribution is -2.26. The van der Waals surface area contributed by atoms with Crippen LogP contribution >= 0.6 is 11.3 Å². The van der Waals surface area contributed by atoms with Crippen molar-refractivity contribution in [2.24, 2.45) is 5.92 Å². The van der Waals surface area contributed by atoms with Crippen LogP contribution in [0.1, 0.15) is 54.1 Å². The van der Waals surface area contributed by atoms with E-state index in [0.29, 0.717) is 23.8 Å². The number of anilines is 1. The minimum Gasteiger partial charge on any atom is -0.302 e. The number of hydrogen-bond acceptors (Lipinski definition) is 7. The van der Waals surface area contributed by atoms with Gasteiger partial charge < -0.3 is 5.32 Å². The van der Waals surface area contributed by atoms with Crippen molar-refractivity contribution in [3.63, 3.8) is 0 Å². The number of sulfone groups is 1. The molecule has 1 atom stereocenters. The van der Waals surface area contributed by atoms with E-state index in [9.17, 15) is 17.6 Å². The first-order valence-corrected chi connectivity index (χ1v) is 14.1. The number of halogens is 1. The van der Waals surface area contributed by atoms with Crippen LogP contribution in [0.2, 0.25) is 0 Å². The van der Waals surface area contributed by atoms with Crippen LogP contribution in [0.15, 0.2) is 47.4 Å². The summed E-state index contributed by atoms with van der Waals surface area (Å²) in [6, 6.07) is 12.9. The molecule has 2 aromatic carbocycles. The van der Waals surface area contributed by atoms with Gasteiger partial charge in [-0.25, -0.2) is 17.8 Å². The molecule has 0 radical (unpaired) electrons. The molecule has 3 aromatic rings. The smallest absolute Gasteiger partial charge is 0.230 e. The van der Waals surface area contributed by atoms with Gasteiger partial charge in [-0.3, -0.25) is 9.69 Å². The molecule has 0 saturated heterocycles. The van der Waals surface area contributed by atoms with E-state index in [1.54, 1.807) is 25.1 Å². The number of carbonyl (C=O) groups excluding carboxylic acids is 1. The third-order valence-corrected chi connectivity index (χ3v) is 8.91. The van der Waals surface area contributed by atoms with Gasteiger partial charge in [0.05, 0.1) is 34.4 Å². The zero-order valence-electron chi connectivity index (χ0n) is 20.3. The summed E-state index contributed by atoms with van der Waals surface area (Å²) in [5, 5.41) is 12.4.